The number of anilines is 1. The van der Waals surface area contributed by atoms with Gasteiger partial charge in [-0.1, -0.05) is 27.5 Å². The molecule has 0 saturated carbocycles. The number of carbonyl (C=O) groups is 1. The van der Waals surface area contributed by atoms with Gasteiger partial charge in [-0.15, -0.1) is 0 Å². The normalized spacial score (nSPS) is 10.3. The molecule has 5 heteroatoms. The van der Waals surface area contributed by atoms with Crippen molar-refractivity contribution in [1.82, 2.24) is 0 Å². The third-order valence-electron chi connectivity index (χ3n) is 2.63. The predicted octanol–water partition coefficient (Wildman–Crippen LogP) is 4.37. The maximum atomic E-state index is 12.1. The molecular weight excluding hydrogens is 330 g/mol. The Morgan fingerprint density at radius 3 is 2.63 bits per heavy atom. The molecule has 2 aromatic rings. The highest BCUT2D eigenvalue weighted by Gasteiger charge is 2.11. The van der Waals surface area contributed by atoms with Crippen molar-refractivity contribution < 1.29 is 9.90 Å². The van der Waals surface area contributed by atoms with Gasteiger partial charge in [0.2, 0.25) is 0 Å². The second-order valence-corrected chi connectivity index (χ2v) is 5.40. The molecule has 0 atom stereocenters. The van der Waals surface area contributed by atoms with Crippen molar-refractivity contribution >= 4 is 39.1 Å². The Balaban J connectivity index is 2.25. The Hall–Kier alpha value is -1.52. The lowest BCUT2D eigenvalue weighted by Gasteiger charge is -2.09. The van der Waals surface area contributed by atoms with Gasteiger partial charge in [0, 0.05) is 10.0 Å². The van der Waals surface area contributed by atoms with Crippen LogP contribution in [-0.2, 0) is 0 Å². The predicted molar refractivity (Wildman–Crippen MR) is 79.9 cm³/mol. The summed E-state index contributed by atoms with van der Waals surface area (Å²) in [6.07, 6.45) is 0. The Kier molecular flexibility index (Phi) is 4.12. The quantitative estimate of drug-likeness (QED) is 0.853. The summed E-state index contributed by atoms with van der Waals surface area (Å²) in [5.74, 6) is -0.127. The Bertz CT molecular complexity index is 643. The lowest BCUT2D eigenvalue weighted by Crippen LogP contribution is -2.13. The molecule has 0 heterocycles. The first-order valence-corrected chi connectivity index (χ1v) is 6.70. The van der Waals surface area contributed by atoms with E-state index in [1.54, 1.807) is 31.2 Å². The molecule has 0 fully saturated rings. The molecule has 0 aliphatic heterocycles. The fourth-order valence-corrected chi connectivity index (χ4v) is 2.40. The zero-order valence-electron chi connectivity index (χ0n) is 10.1. The average molecular weight is 341 g/mol. The summed E-state index contributed by atoms with van der Waals surface area (Å²) < 4.78 is 0.844. The fraction of sp³-hybridized carbons (Fsp3) is 0.0714. The zero-order chi connectivity index (χ0) is 14.0. The maximum absolute atomic E-state index is 12.1. The monoisotopic (exact) mass is 339 g/mol. The van der Waals surface area contributed by atoms with Crippen LogP contribution in [0.3, 0.4) is 0 Å². The van der Waals surface area contributed by atoms with Gasteiger partial charge in [-0.05, 0) is 48.9 Å². The van der Waals surface area contributed by atoms with Crippen molar-refractivity contribution in [3.63, 3.8) is 0 Å². The van der Waals surface area contributed by atoms with E-state index in [-0.39, 0.29) is 11.7 Å². The molecule has 0 aliphatic rings. The van der Waals surface area contributed by atoms with Gasteiger partial charge < -0.3 is 10.4 Å². The molecule has 98 valence electrons. The van der Waals surface area contributed by atoms with Crippen molar-refractivity contribution in [2.75, 3.05) is 5.32 Å². The minimum Gasteiger partial charge on any atom is -0.508 e. The zero-order valence-corrected chi connectivity index (χ0v) is 12.4. The van der Waals surface area contributed by atoms with Crippen LogP contribution in [0.25, 0.3) is 0 Å². The molecule has 0 aromatic heterocycles. The smallest absolute Gasteiger partial charge is 0.255 e. The van der Waals surface area contributed by atoms with Gasteiger partial charge >= 0.3 is 0 Å². The van der Waals surface area contributed by atoms with Crippen LogP contribution in [0.1, 0.15) is 15.9 Å². The van der Waals surface area contributed by atoms with Gasteiger partial charge in [-0.3, -0.25) is 4.79 Å². The summed E-state index contributed by atoms with van der Waals surface area (Å²) in [7, 11) is 0. The van der Waals surface area contributed by atoms with Gasteiger partial charge in [-0.2, -0.15) is 0 Å². The van der Waals surface area contributed by atoms with E-state index in [0.717, 1.165) is 4.47 Å². The number of benzene rings is 2. The first kappa shape index (κ1) is 13.9. The summed E-state index contributed by atoms with van der Waals surface area (Å²) in [5, 5.41) is 12.5. The molecule has 0 saturated heterocycles. The van der Waals surface area contributed by atoms with E-state index in [1.165, 1.54) is 12.1 Å². The van der Waals surface area contributed by atoms with Crippen molar-refractivity contribution in [3.8, 4) is 5.75 Å². The van der Waals surface area contributed by atoms with Gasteiger partial charge in [0.05, 0.1) is 10.7 Å². The minimum absolute atomic E-state index is 0.135. The second-order valence-electron chi connectivity index (χ2n) is 4.08. The van der Waals surface area contributed by atoms with Crippen LogP contribution < -0.4 is 5.32 Å². The third kappa shape index (κ3) is 3.28. The molecular formula is C14H11BrClNO2. The number of hydrogen-bond acceptors (Lipinski definition) is 2. The first-order valence-electron chi connectivity index (χ1n) is 5.53. The number of halogens is 2. The summed E-state index contributed by atoms with van der Waals surface area (Å²) in [5.41, 5.74) is 1.74. The van der Waals surface area contributed by atoms with Crippen LogP contribution in [0.5, 0.6) is 5.75 Å². The molecule has 2 rings (SSSR count). The molecule has 1 amide bonds. The molecule has 0 unspecified atom stereocenters. The van der Waals surface area contributed by atoms with E-state index in [1.807, 2.05) is 0 Å². The molecule has 2 aromatic carbocycles. The number of amides is 1. The van der Waals surface area contributed by atoms with Crippen LogP contribution in [0.2, 0.25) is 5.02 Å². The minimum atomic E-state index is -0.262. The maximum Gasteiger partial charge on any atom is 0.255 e. The highest BCUT2D eigenvalue weighted by atomic mass is 79.9. The molecule has 19 heavy (non-hydrogen) atoms. The molecule has 0 aliphatic carbocycles. The van der Waals surface area contributed by atoms with E-state index in [0.29, 0.717) is 21.8 Å². The summed E-state index contributed by atoms with van der Waals surface area (Å²) >= 11 is 9.34. The topological polar surface area (TPSA) is 49.3 Å². The molecule has 0 spiro atoms. The van der Waals surface area contributed by atoms with Crippen LogP contribution in [0.15, 0.2) is 40.9 Å². The van der Waals surface area contributed by atoms with E-state index in [9.17, 15) is 9.90 Å². The van der Waals surface area contributed by atoms with Crippen molar-refractivity contribution in [2.24, 2.45) is 0 Å². The first-order chi connectivity index (χ1) is 8.97. The van der Waals surface area contributed by atoms with Gasteiger partial charge in [0.25, 0.3) is 5.91 Å². The second kappa shape index (κ2) is 5.63. The van der Waals surface area contributed by atoms with Crippen LogP contribution in [0, 0.1) is 6.92 Å². The fourth-order valence-electron chi connectivity index (χ4n) is 1.68. The Morgan fingerprint density at radius 1 is 1.26 bits per heavy atom. The summed E-state index contributed by atoms with van der Waals surface area (Å²) in [4.78, 5) is 12.1. The van der Waals surface area contributed by atoms with E-state index in [2.05, 4.69) is 21.2 Å². The summed E-state index contributed by atoms with van der Waals surface area (Å²) in [6.45, 7) is 1.76. The number of nitrogens with one attached hydrogen (secondary N) is 1. The SMILES string of the molecule is Cc1cc(O)ccc1C(=O)Nc1ccc(Br)cc1Cl. The van der Waals surface area contributed by atoms with Crippen LogP contribution in [-0.4, -0.2) is 11.0 Å². The summed E-state index contributed by atoms with van der Waals surface area (Å²) in [6, 6.07) is 9.82. The number of phenolic OH excluding ortho intramolecular Hbond substituents is 1. The lowest BCUT2D eigenvalue weighted by molar-refractivity contribution is 0.102. The number of hydrogen-bond donors (Lipinski definition) is 2. The number of aryl methyl sites for hydroxylation is 1. The molecule has 3 nitrogen and oxygen atoms in total. The van der Waals surface area contributed by atoms with Crippen LogP contribution >= 0.6 is 27.5 Å². The van der Waals surface area contributed by atoms with E-state index < -0.39 is 0 Å². The average Bonchev–Trinajstić information content (AvgIpc) is 2.32. The largest absolute Gasteiger partial charge is 0.508 e. The van der Waals surface area contributed by atoms with E-state index in [4.69, 9.17) is 11.6 Å². The lowest BCUT2D eigenvalue weighted by atomic mass is 10.1. The molecule has 0 bridgehead atoms. The number of carbonyl (C=O) groups excluding carboxylic acids is 1. The highest BCUT2D eigenvalue weighted by Crippen LogP contribution is 2.26. The van der Waals surface area contributed by atoms with Crippen molar-refractivity contribution in [3.05, 3.63) is 57.0 Å². The number of aromatic hydroxyl groups is 1. The van der Waals surface area contributed by atoms with Gasteiger partial charge in [0.15, 0.2) is 0 Å². The van der Waals surface area contributed by atoms with Crippen molar-refractivity contribution in [2.45, 2.75) is 6.92 Å². The number of rotatable bonds is 2. The van der Waals surface area contributed by atoms with Crippen LogP contribution in [0.4, 0.5) is 5.69 Å². The van der Waals surface area contributed by atoms with Gasteiger partial charge in [0.1, 0.15) is 5.75 Å². The Morgan fingerprint density at radius 2 is 2.00 bits per heavy atom. The van der Waals surface area contributed by atoms with Crippen molar-refractivity contribution in [1.29, 1.82) is 0 Å². The molecule has 0 radical (unpaired) electrons. The van der Waals surface area contributed by atoms with E-state index >= 15 is 0 Å². The Labute approximate surface area is 124 Å². The standard InChI is InChI=1S/C14H11BrClNO2/c1-8-6-10(18)3-4-11(8)14(19)17-13-5-2-9(15)7-12(13)16/h2-7,18H,1H3,(H,17,19). The highest BCUT2D eigenvalue weighted by molar-refractivity contribution is 9.10. The molecule has 2 N–H and O–H groups in total. The number of phenols is 1. The third-order valence-corrected chi connectivity index (χ3v) is 3.44. The van der Waals surface area contributed by atoms with Gasteiger partial charge in [-0.25, -0.2) is 0 Å².